The van der Waals surface area contributed by atoms with Gasteiger partial charge in [0.15, 0.2) is 0 Å². The van der Waals surface area contributed by atoms with E-state index in [4.69, 9.17) is 15.2 Å². The van der Waals surface area contributed by atoms with Crippen LogP contribution in [0.5, 0.6) is 0 Å². The van der Waals surface area contributed by atoms with Gasteiger partial charge in [-0.05, 0) is 25.0 Å². The summed E-state index contributed by atoms with van der Waals surface area (Å²) in [5, 5.41) is 2.67. The summed E-state index contributed by atoms with van der Waals surface area (Å²) in [6.07, 6.45) is 0.0833. The van der Waals surface area contributed by atoms with Gasteiger partial charge in [0, 0.05) is 44.8 Å². The van der Waals surface area contributed by atoms with E-state index >= 15 is 0 Å². The van der Waals surface area contributed by atoms with Crippen LogP contribution in [0.4, 0.5) is 0 Å². The van der Waals surface area contributed by atoms with Crippen LogP contribution < -0.4 is 5.73 Å². The van der Waals surface area contributed by atoms with Crippen molar-refractivity contribution in [2.45, 2.75) is 32.4 Å². The summed E-state index contributed by atoms with van der Waals surface area (Å²) in [6.45, 7) is 5.58. The van der Waals surface area contributed by atoms with Crippen molar-refractivity contribution in [3.05, 3.63) is 35.4 Å². The highest BCUT2D eigenvalue weighted by Gasteiger charge is 2.50. The summed E-state index contributed by atoms with van der Waals surface area (Å²) in [7, 11) is 0. The first-order valence-corrected chi connectivity index (χ1v) is 12.6. The van der Waals surface area contributed by atoms with Crippen molar-refractivity contribution >= 4 is 29.6 Å². The number of nitrogens with zero attached hydrogens (tertiary/aromatic N) is 4. The molecule has 2 unspecified atom stereocenters. The highest BCUT2D eigenvalue weighted by atomic mass is 16.5. The molecule has 200 valence electrons. The van der Waals surface area contributed by atoms with E-state index in [1.807, 2.05) is 12.1 Å². The number of primary amides is 1. The molecule has 0 spiro atoms. The third-order valence-corrected chi connectivity index (χ3v) is 6.97. The van der Waals surface area contributed by atoms with E-state index in [1.54, 1.807) is 24.1 Å². The van der Waals surface area contributed by atoms with Gasteiger partial charge in [-0.15, -0.1) is 0 Å². The van der Waals surface area contributed by atoms with E-state index in [-0.39, 0.29) is 37.9 Å². The van der Waals surface area contributed by atoms with Crippen molar-refractivity contribution < 1.29 is 33.4 Å². The molecule has 0 aromatic heterocycles. The second-order valence-electron chi connectivity index (χ2n) is 9.25. The predicted octanol–water partition coefficient (Wildman–Crippen LogP) is -0.626. The second kappa shape index (κ2) is 11.8. The number of piperazine rings is 1. The Kier molecular flexibility index (Phi) is 8.52. The van der Waals surface area contributed by atoms with Gasteiger partial charge in [-0.1, -0.05) is 18.2 Å². The molecule has 0 radical (unpaired) electrons. The molecular weight excluding hydrogens is 482 g/mol. The van der Waals surface area contributed by atoms with Gasteiger partial charge in [-0.3, -0.25) is 28.9 Å². The van der Waals surface area contributed by atoms with Crippen LogP contribution in [0.15, 0.2) is 24.3 Å². The Labute approximate surface area is 215 Å². The van der Waals surface area contributed by atoms with E-state index in [2.05, 4.69) is 4.90 Å². The van der Waals surface area contributed by atoms with Crippen molar-refractivity contribution in [2.24, 2.45) is 11.7 Å². The van der Waals surface area contributed by atoms with Crippen LogP contribution in [0.2, 0.25) is 0 Å². The normalized spacial score (nSPS) is 22.9. The minimum Gasteiger partial charge on any atom is -0.466 e. The van der Waals surface area contributed by atoms with Crippen molar-refractivity contribution in [3.63, 3.8) is 0 Å². The predicted molar refractivity (Wildman–Crippen MR) is 129 cm³/mol. The highest BCUT2D eigenvalue weighted by Crippen LogP contribution is 2.31. The molecule has 0 aliphatic carbocycles. The van der Waals surface area contributed by atoms with E-state index in [9.17, 15) is 24.0 Å². The maximum absolute atomic E-state index is 13.6. The van der Waals surface area contributed by atoms with Gasteiger partial charge in [-0.25, -0.2) is 10.0 Å². The van der Waals surface area contributed by atoms with Gasteiger partial charge >= 0.3 is 5.97 Å². The Morgan fingerprint density at radius 2 is 1.76 bits per heavy atom. The fourth-order valence-electron chi connectivity index (χ4n) is 4.97. The largest absolute Gasteiger partial charge is 0.466 e. The number of carbonyl (C=O) groups excluding carboxylic acids is 5. The second-order valence-corrected chi connectivity index (χ2v) is 9.25. The first kappa shape index (κ1) is 26.7. The van der Waals surface area contributed by atoms with Gasteiger partial charge in [0.05, 0.1) is 26.2 Å². The number of ether oxygens (including phenoxy) is 2. The Morgan fingerprint density at radius 3 is 2.43 bits per heavy atom. The van der Waals surface area contributed by atoms with Crippen LogP contribution in [-0.4, -0.2) is 108 Å². The van der Waals surface area contributed by atoms with Gasteiger partial charge in [0.2, 0.25) is 5.91 Å². The molecule has 12 nitrogen and oxygen atoms in total. The lowest BCUT2D eigenvalue weighted by atomic mass is 9.92. The Morgan fingerprint density at radius 1 is 1.03 bits per heavy atom. The average molecular weight is 516 g/mol. The number of esters is 1. The minimum atomic E-state index is -1.19. The Balaban J connectivity index is 1.35. The molecule has 4 rings (SSSR count). The number of benzene rings is 1. The molecule has 1 aromatic carbocycles. The first-order valence-electron chi connectivity index (χ1n) is 12.6. The van der Waals surface area contributed by atoms with Crippen molar-refractivity contribution in [1.29, 1.82) is 0 Å². The number of fused-ring (bicyclic) bond motifs is 1. The average Bonchev–Trinajstić information content (AvgIpc) is 3.21. The Bertz CT molecular complexity index is 1060. The fourth-order valence-corrected chi connectivity index (χ4v) is 4.97. The molecular formula is C25H33N5O7. The number of hydrogen-bond acceptors (Lipinski definition) is 9. The van der Waals surface area contributed by atoms with Crippen LogP contribution in [0, 0.1) is 5.92 Å². The molecule has 2 fully saturated rings. The number of amides is 4. The smallest absolute Gasteiger partial charge is 0.308 e. The molecule has 2 N–H and O–H groups in total. The van der Waals surface area contributed by atoms with Gasteiger partial charge < -0.3 is 20.1 Å². The SMILES string of the molecule is CCOC(=O)CCOCCN1CCN(N2C(=O)C(C(N)=O)CC(N3Cc4ccccc4C3=O)C2=O)CC1. The zero-order valence-electron chi connectivity index (χ0n) is 21.0. The molecule has 12 heteroatoms. The van der Waals surface area contributed by atoms with Gasteiger partial charge in [0.1, 0.15) is 12.0 Å². The summed E-state index contributed by atoms with van der Waals surface area (Å²) >= 11 is 0. The van der Waals surface area contributed by atoms with Crippen molar-refractivity contribution in [3.8, 4) is 0 Å². The number of hydrazine groups is 1. The van der Waals surface area contributed by atoms with Crippen molar-refractivity contribution in [2.75, 3.05) is 52.5 Å². The number of carbonyl (C=O) groups is 5. The zero-order chi connectivity index (χ0) is 26.5. The fraction of sp³-hybridized carbons (Fsp3) is 0.560. The molecule has 2 saturated heterocycles. The standard InChI is InChI=1S/C25H33N5O7/c1-2-37-21(31)7-13-36-14-12-27-8-10-28(11-9-27)30-24(34)19(22(26)32)15-20(25(30)35)29-16-17-5-3-4-6-18(17)23(29)33/h3-6,19-20H,2,7-16H2,1H3,(H2,26,32). The Hall–Kier alpha value is -3.35. The van der Waals surface area contributed by atoms with Crippen molar-refractivity contribution in [1.82, 2.24) is 19.8 Å². The molecule has 1 aromatic rings. The zero-order valence-corrected chi connectivity index (χ0v) is 21.0. The van der Waals surface area contributed by atoms with Crippen LogP contribution >= 0.6 is 0 Å². The summed E-state index contributed by atoms with van der Waals surface area (Å²) in [4.78, 5) is 66.8. The third-order valence-electron chi connectivity index (χ3n) is 6.97. The lowest BCUT2D eigenvalue weighted by Gasteiger charge is -2.45. The molecule has 0 bridgehead atoms. The molecule has 3 aliphatic heterocycles. The quantitative estimate of drug-likeness (QED) is 0.187. The number of nitrogens with two attached hydrogens (primary N) is 1. The topological polar surface area (TPSA) is 143 Å². The lowest BCUT2D eigenvalue weighted by molar-refractivity contribution is -0.180. The van der Waals surface area contributed by atoms with E-state index in [1.165, 1.54) is 4.90 Å². The lowest BCUT2D eigenvalue weighted by Crippen LogP contribution is -2.66. The number of imide groups is 1. The molecule has 3 aliphatic rings. The summed E-state index contributed by atoms with van der Waals surface area (Å²) < 4.78 is 10.4. The van der Waals surface area contributed by atoms with Crippen LogP contribution in [0.3, 0.4) is 0 Å². The minimum absolute atomic E-state index is 0.119. The van der Waals surface area contributed by atoms with E-state index in [0.29, 0.717) is 51.5 Å². The number of hydrogen-bond donors (Lipinski definition) is 1. The maximum atomic E-state index is 13.6. The first-order chi connectivity index (χ1) is 17.8. The third kappa shape index (κ3) is 5.81. The molecule has 2 atom stereocenters. The summed E-state index contributed by atoms with van der Waals surface area (Å²) in [5.41, 5.74) is 6.86. The van der Waals surface area contributed by atoms with E-state index < -0.39 is 29.7 Å². The number of rotatable bonds is 10. The number of piperidine rings is 1. The van der Waals surface area contributed by atoms with Crippen LogP contribution in [0.1, 0.15) is 35.7 Å². The maximum Gasteiger partial charge on any atom is 0.308 e. The molecule has 4 amide bonds. The highest BCUT2D eigenvalue weighted by molar-refractivity contribution is 6.11. The van der Waals surface area contributed by atoms with Gasteiger partial charge in [0.25, 0.3) is 17.7 Å². The molecule has 0 saturated carbocycles. The summed E-state index contributed by atoms with van der Waals surface area (Å²) in [6, 6.07) is 6.16. The van der Waals surface area contributed by atoms with E-state index in [0.717, 1.165) is 10.6 Å². The van der Waals surface area contributed by atoms with Gasteiger partial charge in [-0.2, -0.15) is 0 Å². The molecule has 3 heterocycles. The molecule has 37 heavy (non-hydrogen) atoms. The van der Waals surface area contributed by atoms with Crippen LogP contribution in [0.25, 0.3) is 0 Å². The monoisotopic (exact) mass is 515 g/mol. The summed E-state index contributed by atoms with van der Waals surface area (Å²) in [5.74, 6) is -3.74. The van der Waals surface area contributed by atoms with Crippen LogP contribution in [-0.2, 0) is 35.2 Å².